The van der Waals surface area contributed by atoms with Gasteiger partial charge in [-0.2, -0.15) is 4.31 Å². The Morgan fingerprint density at radius 3 is 2.55 bits per heavy atom. The number of anilines is 1. The molecule has 1 N–H and O–H groups in total. The Morgan fingerprint density at radius 1 is 1.30 bits per heavy atom. The minimum atomic E-state index is -3.45. The normalized spacial score (nSPS) is 16.9. The number of fused-ring (bicyclic) bond motifs is 1. The molecule has 4 nitrogen and oxygen atoms in total. The van der Waals surface area contributed by atoms with Gasteiger partial charge in [-0.1, -0.05) is 26.8 Å². The SMILES string of the molecule is CC(N(C)S(=O)(=O)c1ccc2c(c1)NCC2)C(C)(C)C. The maximum absolute atomic E-state index is 12.7. The molecule has 1 atom stereocenters. The zero-order valence-corrected chi connectivity index (χ0v) is 13.7. The predicted molar refractivity (Wildman–Crippen MR) is 82.5 cm³/mol. The number of hydrogen-bond acceptors (Lipinski definition) is 3. The highest BCUT2D eigenvalue weighted by Gasteiger charge is 2.32. The van der Waals surface area contributed by atoms with Gasteiger partial charge in [0.2, 0.25) is 10.0 Å². The summed E-state index contributed by atoms with van der Waals surface area (Å²) >= 11 is 0. The van der Waals surface area contributed by atoms with Gasteiger partial charge in [0.25, 0.3) is 0 Å². The summed E-state index contributed by atoms with van der Waals surface area (Å²) in [5, 5.41) is 3.23. The van der Waals surface area contributed by atoms with Crippen LogP contribution in [0.2, 0.25) is 0 Å². The topological polar surface area (TPSA) is 49.4 Å². The van der Waals surface area contributed by atoms with Crippen LogP contribution >= 0.6 is 0 Å². The van der Waals surface area contributed by atoms with E-state index in [-0.39, 0.29) is 11.5 Å². The van der Waals surface area contributed by atoms with Gasteiger partial charge in [-0.15, -0.1) is 0 Å². The molecule has 1 heterocycles. The van der Waals surface area contributed by atoms with Gasteiger partial charge in [-0.25, -0.2) is 8.42 Å². The fourth-order valence-corrected chi connectivity index (χ4v) is 3.92. The molecule has 0 aliphatic carbocycles. The zero-order valence-electron chi connectivity index (χ0n) is 12.9. The third-order valence-corrected chi connectivity index (χ3v) is 6.19. The highest BCUT2D eigenvalue weighted by atomic mass is 32.2. The van der Waals surface area contributed by atoms with E-state index in [2.05, 4.69) is 5.32 Å². The van der Waals surface area contributed by atoms with Crippen molar-refractivity contribution in [1.29, 1.82) is 0 Å². The van der Waals surface area contributed by atoms with E-state index in [4.69, 9.17) is 0 Å². The van der Waals surface area contributed by atoms with Crippen LogP contribution in [0.4, 0.5) is 5.69 Å². The minimum Gasteiger partial charge on any atom is -0.384 e. The summed E-state index contributed by atoms with van der Waals surface area (Å²) in [6.07, 6.45) is 0.962. The first-order chi connectivity index (χ1) is 9.14. The molecule has 2 rings (SSSR count). The Bertz CT molecular complexity index is 603. The fraction of sp³-hybridized carbons (Fsp3) is 0.600. The molecule has 1 aliphatic rings. The van der Waals surface area contributed by atoms with Crippen LogP contribution in [0.5, 0.6) is 0 Å². The van der Waals surface area contributed by atoms with Crippen LogP contribution in [-0.4, -0.2) is 32.4 Å². The van der Waals surface area contributed by atoms with Crippen molar-refractivity contribution in [2.24, 2.45) is 5.41 Å². The summed E-state index contributed by atoms with van der Waals surface area (Å²) in [4.78, 5) is 0.365. The van der Waals surface area contributed by atoms with Crippen LogP contribution < -0.4 is 5.32 Å². The Morgan fingerprint density at radius 2 is 1.95 bits per heavy atom. The summed E-state index contributed by atoms with van der Waals surface area (Å²) < 4.78 is 26.9. The van der Waals surface area contributed by atoms with Gasteiger partial charge in [-0.3, -0.25) is 0 Å². The van der Waals surface area contributed by atoms with E-state index < -0.39 is 10.0 Å². The summed E-state index contributed by atoms with van der Waals surface area (Å²) in [7, 11) is -1.79. The molecule has 0 radical (unpaired) electrons. The van der Waals surface area contributed by atoms with Crippen LogP contribution in [-0.2, 0) is 16.4 Å². The second-order valence-corrected chi connectivity index (χ2v) is 8.56. The Hall–Kier alpha value is -1.07. The standard InChI is InChI=1S/C15H24N2O2S/c1-11(15(2,3)4)17(5)20(18,19)13-7-6-12-8-9-16-14(12)10-13/h6-7,10-11,16H,8-9H2,1-5H3. The molecule has 0 spiro atoms. The third kappa shape index (κ3) is 2.69. The summed E-state index contributed by atoms with van der Waals surface area (Å²) in [6, 6.07) is 5.31. The fourth-order valence-electron chi connectivity index (χ4n) is 2.35. The van der Waals surface area contributed by atoms with Crippen molar-refractivity contribution < 1.29 is 8.42 Å². The quantitative estimate of drug-likeness (QED) is 0.933. The van der Waals surface area contributed by atoms with E-state index in [0.29, 0.717) is 4.90 Å². The summed E-state index contributed by atoms with van der Waals surface area (Å²) in [6.45, 7) is 8.98. The maximum atomic E-state index is 12.7. The van der Waals surface area contributed by atoms with Crippen LogP contribution in [0.25, 0.3) is 0 Å². The molecule has 112 valence electrons. The van der Waals surface area contributed by atoms with E-state index in [1.165, 1.54) is 9.87 Å². The van der Waals surface area contributed by atoms with Crippen LogP contribution in [0.1, 0.15) is 33.3 Å². The Kier molecular flexibility index (Phi) is 3.86. The number of sulfonamides is 1. The summed E-state index contributed by atoms with van der Waals surface area (Å²) in [5.74, 6) is 0. The smallest absolute Gasteiger partial charge is 0.243 e. The van der Waals surface area contributed by atoms with E-state index in [1.54, 1.807) is 19.2 Å². The van der Waals surface area contributed by atoms with Gasteiger partial charge in [0.15, 0.2) is 0 Å². The lowest BCUT2D eigenvalue weighted by molar-refractivity contribution is 0.216. The largest absolute Gasteiger partial charge is 0.384 e. The molecule has 0 bridgehead atoms. The maximum Gasteiger partial charge on any atom is 0.243 e. The predicted octanol–water partition coefficient (Wildman–Crippen LogP) is 2.71. The molecular weight excluding hydrogens is 272 g/mol. The minimum absolute atomic E-state index is 0.0753. The van der Waals surface area contributed by atoms with E-state index in [1.807, 2.05) is 33.8 Å². The van der Waals surface area contributed by atoms with E-state index >= 15 is 0 Å². The average molecular weight is 296 g/mol. The van der Waals surface area contributed by atoms with Crippen LogP contribution in [0.3, 0.4) is 0 Å². The second kappa shape index (κ2) is 5.04. The molecule has 20 heavy (non-hydrogen) atoms. The lowest BCUT2D eigenvalue weighted by Gasteiger charge is -2.34. The van der Waals surface area contributed by atoms with Crippen molar-refractivity contribution >= 4 is 15.7 Å². The van der Waals surface area contributed by atoms with Gasteiger partial charge in [0.05, 0.1) is 4.90 Å². The molecule has 0 aromatic heterocycles. The third-order valence-electron chi connectivity index (χ3n) is 4.27. The first-order valence-corrected chi connectivity index (χ1v) is 8.43. The van der Waals surface area contributed by atoms with Crippen molar-refractivity contribution in [1.82, 2.24) is 4.31 Å². The molecule has 0 saturated carbocycles. The Labute approximate surface area is 122 Å². The molecule has 0 saturated heterocycles. The van der Waals surface area contributed by atoms with E-state index in [9.17, 15) is 8.42 Å². The first kappa shape index (κ1) is 15.3. The average Bonchev–Trinajstić information content (AvgIpc) is 2.82. The van der Waals surface area contributed by atoms with Crippen LogP contribution in [0.15, 0.2) is 23.1 Å². The number of hydrogen-bond donors (Lipinski definition) is 1. The molecule has 0 fully saturated rings. The van der Waals surface area contributed by atoms with Gasteiger partial charge in [0.1, 0.15) is 0 Å². The molecule has 1 aromatic carbocycles. The van der Waals surface area contributed by atoms with Crippen molar-refractivity contribution in [2.75, 3.05) is 18.9 Å². The van der Waals surface area contributed by atoms with Crippen LogP contribution in [0, 0.1) is 5.41 Å². The second-order valence-electron chi connectivity index (χ2n) is 6.56. The van der Waals surface area contributed by atoms with Gasteiger partial charge >= 0.3 is 0 Å². The van der Waals surface area contributed by atoms with Gasteiger partial charge < -0.3 is 5.32 Å². The zero-order chi connectivity index (χ0) is 15.1. The lowest BCUT2D eigenvalue weighted by atomic mass is 9.88. The number of benzene rings is 1. The first-order valence-electron chi connectivity index (χ1n) is 6.99. The highest BCUT2D eigenvalue weighted by molar-refractivity contribution is 7.89. The van der Waals surface area contributed by atoms with Gasteiger partial charge in [0, 0.05) is 25.3 Å². The molecule has 1 aliphatic heterocycles. The molecular formula is C15H24N2O2S. The monoisotopic (exact) mass is 296 g/mol. The molecule has 0 amide bonds. The van der Waals surface area contributed by atoms with Gasteiger partial charge in [-0.05, 0) is 36.5 Å². The Balaban J connectivity index is 2.35. The molecule has 5 heteroatoms. The van der Waals surface area contributed by atoms with Crippen molar-refractivity contribution in [3.8, 4) is 0 Å². The molecule has 1 unspecified atom stereocenters. The number of nitrogens with zero attached hydrogens (tertiary/aromatic N) is 1. The van der Waals surface area contributed by atoms with Crippen molar-refractivity contribution in [2.45, 2.75) is 45.1 Å². The van der Waals surface area contributed by atoms with Crippen molar-refractivity contribution in [3.05, 3.63) is 23.8 Å². The van der Waals surface area contributed by atoms with Crippen molar-refractivity contribution in [3.63, 3.8) is 0 Å². The highest BCUT2D eigenvalue weighted by Crippen LogP contribution is 2.30. The van der Waals surface area contributed by atoms with E-state index in [0.717, 1.165) is 18.7 Å². The number of nitrogens with one attached hydrogen (secondary N) is 1. The summed E-state index contributed by atoms with van der Waals surface area (Å²) in [5.41, 5.74) is 2.04. The molecule has 1 aromatic rings. The lowest BCUT2D eigenvalue weighted by Crippen LogP contribution is -2.42. The number of rotatable bonds is 3.